The Hall–Kier alpha value is -3.72. The first-order valence-corrected chi connectivity index (χ1v) is 12.0. The fourth-order valence-electron chi connectivity index (χ4n) is 3.46. The number of H-pyrrole nitrogens is 1. The molecule has 35 heavy (non-hydrogen) atoms. The third-order valence-corrected chi connectivity index (χ3v) is 6.39. The lowest BCUT2D eigenvalue weighted by atomic mass is 10.1. The van der Waals surface area contributed by atoms with Gasteiger partial charge in [-0.15, -0.1) is 11.3 Å². The van der Waals surface area contributed by atoms with E-state index in [9.17, 15) is 9.59 Å². The van der Waals surface area contributed by atoms with Crippen molar-refractivity contribution in [1.82, 2.24) is 15.0 Å². The molecule has 0 spiro atoms. The van der Waals surface area contributed by atoms with Crippen LogP contribution in [0.1, 0.15) is 10.4 Å². The number of hydrogen-bond acceptors (Lipinski definition) is 6. The van der Waals surface area contributed by atoms with Gasteiger partial charge in [0.05, 0.1) is 27.3 Å². The Morgan fingerprint density at radius 3 is 2.60 bits per heavy atom. The molecule has 2 N–H and O–H groups in total. The fraction of sp³-hybridized carbons (Fsp3) is 0.0400. The molecule has 10 heteroatoms. The number of benzene rings is 3. The summed E-state index contributed by atoms with van der Waals surface area (Å²) in [6.07, 6.45) is 0. The van der Waals surface area contributed by atoms with Crippen molar-refractivity contribution in [2.75, 3.05) is 11.9 Å². The van der Waals surface area contributed by atoms with Gasteiger partial charge in [-0.05, 0) is 36.4 Å². The molecule has 2 heterocycles. The largest absolute Gasteiger partial charge is 0.452 e. The molecule has 0 bridgehead atoms. The van der Waals surface area contributed by atoms with E-state index in [1.54, 1.807) is 47.8 Å². The van der Waals surface area contributed by atoms with Gasteiger partial charge in [-0.3, -0.25) is 10.1 Å². The lowest BCUT2D eigenvalue weighted by Gasteiger charge is -2.08. The van der Waals surface area contributed by atoms with Gasteiger partial charge in [-0.25, -0.2) is 14.8 Å². The number of rotatable bonds is 6. The van der Waals surface area contributed by atoms with E-state index < -0.39 is 18.5 Å². The van der Waals surface area contributed by atoms with Crippen LogP contribution in [0.4, 0.5) is 5.13 Å². The molecule has 0 atom stereocenters. The second-order valence-corrected chi connectivity index (χ2v) is 9.14. The van der Waals surface area contributed by atoms with Crippen LogP contribution < -0.4 is 5.32 Å². The maximum atomic E-state index is 12.8. The number of thiazole rings is 1. The van der Waals surface area contributed by atoms with E-state index in [2.05, 4.69) is 20.3 Å². The van der Waals surface area contributed by atoms with E-state index in [0.717, 1.165) is 11.0 Å². The third kappa shape index (κ3) is 5.05. The van der Waals surface area contributed by atoms with Crippen LogP contribution in [0.2, 0.25) is 10.0 Å². The van der Waals surface area contributed by atoms with Crippen molar-refractivity contribution < 1.29 is 14.3 Å². The number of hydrogen-bond donors (Lipinski definition) is 2. The third-order valence-electron chi connectivity index (χ3n) is 5.08. The smallest absolute Gasteiger partial charge is 0.339 e. The summed E-state index contributed by atoms with van der Waals surface area (Å²) in [6.45, 7) is -0.468. The summed E-state index contributed by atoms with van der Waals surface area (Å²) in [5.74, 6) is -0.606. The maximum Gasteiger partial charge on any atom is 0.339 e. The zero-order chi connectivity index (χ0) is 24.4. The number of esters is 1. The van der Waals surface area contributed by atoms with Gasteiger partial charge in [0.15, 0.2) is 11.7 Å². The van der Waals surface area contributed by atoms with Crippen LogP contribution in [0.15, 0.2) is 72.1 Å². The minimum atomic E-state index is -0.635. The van der Waals surface area contributed by atoms with Crippen LogP contribution in [0.3, 0.4) is 0 Å². The SMILES string of the molecule is O=C(COC(=O)c1ccccc1-c1nc2ccccc2[nH]1)Nc1nc(-c2ccc(Cl)cc2Cl)cs1. The topological polar surface area (TPSA) is 97.0 Å². The molecule has 3 aromatic carbocycles. The van der Waals surface area contributed by atoms with Gasteiger partial charge >= 0.3 is 5.97 Å². The number of imidazole rings is 1. The molecule has 174 valence electrons. The predicted molar refractivity (Wildman–Crippen MR) is 138 cm³/mol. The van der Waals surface area contributed by atoms with Crippen molar-refractivity contribution in [3.05, 3.63) is 87.7 Å². The summed E-state index contributed by atoms with van der Waals surface area (Å²) in [7, 11) is 0. The second kappa shape index (κ2) is 9.87. The van der Waals surface area contributed by atoms with Crippen LogP contribution in [0, 0.1) is 0 Å². The summed E-state index contributed by atoms with van der Waals surface area (Å²) >= 11 is 13.4. The molecule has 5 rings (SSSR count). The Kier molecular flexibility index (Phi) is 6.50. The van der Waals surface area contributed by atoms with Crippen LogP contribution in [-0.4, -0.2) is 33.4 Å². The van der Waals surface area contributed by atoms with Gasteiger partial charge in [0, 0.05) is 21.5 Å². The van der Waals surface area contributed by atoms with Gasteiger partial charge in [0.25, 0.3) is 5.91 Å². The molecule has 2 aromatic heterocycles. The first kappa shape index (κ1) is 23.0. The van der Waals surface area contributed by atoms with Crippen LogP contribution in [0.25, 0.3) is 33.7 Å². The monoisotopic (exact) mass is 522 g/mol. The van der Waals surface area contributed by atoms with Gasteiger partial charge in [-0.1, -0.05) is 53.5 Å². The summed E-state index contributed by atoms with van der Waals surface area (Å²) in [5, 5.41) is 5.73. The fourth-order valence-corrected chi connectivity index (χ4v) is 4.70. The molecule has 0 fully saturated rings. The first-order chi connectivity index (χ1) is 17.0. The number of aromatic nitrogens is 3. The number of fused-ring (bicyclic) bond motifs is 1. The van der Waals surface area contributed by atoms with Crippen molar-refractivity contribution in [3.8, 4) is 22.6 Å². The Bertz CT molecular complexity index is 1530. The number of aromatic amines is 1. The summed E-state index contributed by atoms with van der Waals surface area (Å²) < 4.78 is 5.27. The van der Waals surface area contributed by atoms with Crippen molar-refractivity contribution in [3.63, 3.8) is 0 Å². The van der Waals surface area contributed by atoms with Gasteiger partial charge in [0.1, 0.15) is 5.82 Å². The Balaban J connectivity index is 1.25. The Morgan fingerprint density at radius 2 is 1.77 bits per heavy atom. The normalized spacial score (nSPS) is 10.9. The summed E-state index contributed by atoms with van der Waals surface area (Å²) in [5.41, 5.74) is 3.82. The standard InChI is InChI=1S/C25H16Cl2N4O3S/c26-14-9-10-17(18(27)11-14)21-13-35-25(30-21)31-22(32)12-34-24(33)16-6-2-1-5-15(16)23-28-19-7-3-4-8-20(19)29-23/h1-11,13H,12H2,(H,28,29)(H,30,31,32). The molecular weight excluding hydrogens is 507 g/mol. The van der Waals surface area contributed by atoms with Crippen LogP contribution in [-0.2, 0) is 9.53 Å². The van der Waals surface area contributed by atoms with Crippen molar-refractivity contribution >= 4 is 62.6 Å². The molecule has 7 nitrogen and oxygen atoms in total. The highest BCUT2D eigenvalue weighted by Gasteiger charge is 2.18. The number of para-hydroxylation sites is 2. The van der Waals surface area contributed by atoms with E-state index in [1.807, 2.05) is 24.3 Å². The van der Waals surface area contributed by atoms with E-state index >= 15 is 0 Å². The van der Waals surface area contributed by atoms with Crippen molar-refractivity contribution in [2.24, 2.45) is 0 Å². The average Bonchev–Trinajstić information content (AvgIpc) is 3.49. The second-order valence-electron chi connectivity index (χ2n) is 7.43. The number of anilines is 1. The van der Waals surface area contributed by atoms with E-state index in [4.69, 9.17) is 27.9 Å². The van der Waals surface area contributed by atoms with Gasteiger partial charge in [-0.2, -0.15) is 0 Å². The Morgan fingerprint density at radius 1 is 0.971 bits per heavy atom. The van der Waals surface area contributed by atoms with E-state index in [0.29, 0.717) is 43.4 Å². The van der Waals surface area contributed by atoms with Gasteiger partial charge in [0.2, 0.25) is 0 Å². The number of ether oxygens (including phenoxy) is 1. The highest BCUT2D eigenvalue weighted by atomic mass is 35.5. The summed E-state index contributed by atoms with van der Waals surface area (Å²) in [6, 6.07) is 19.6. The zero-order valence-electron chi connectivity index (χ0n) is 17.9. The van der Waals surface area contributed by atoms with Crippen LogP contribution in [0.5, 0.6) is 0 Å². The number of amides is 1. The highest BCUT2D eigenvalue weighted by Crippen LogP contribution is 2.32. The molecule has 1 amide bonds. The number of carbonyl (C=O) groups excluding carboxylic acids is 2. The molecular formula is C25H16Cl2N4O3S. The van der Waals surface area contributed by atoms with Crippen molar-refractivity contribution in [1.29, 1.82) is 0 Å². The van der Waals surface area contributed by atoms with E-state index in [-0.39, 0.29) is 0 Å². The summed E-state index contributed by atoms with van der Waals surface area (Å²) in [4.78, 5) is 37.3. The van der Waals surface area contributed by atoms with Crippen LogP contribution >= 0.6 is 34.5 Å². The van der Waals surface area contributed by atoms with Gasteiger partial charge < -0.3 is 9.72 Å². The highest BCUT2D eigenvalue weighted by molar-refractivity contribution is 7.14. The number of halogens is 2. The average molecular weight is 523 g/mol. The maximum absolute atomic E-state index is 12.8. The molecule has 5 aromatic rings. The lowest BCUT2D eigenvalue weighted by Crippen LogP contribution is -2.21. The molecule has 0 aliphatic heterocycles. The zero-order valence-corrected chi connectivity index (χ0v) is 20.2. The van der Waals surface area contributed by atoms with E-state index in [1.165, 1.54) is 11.3 Å². The van der Waals surface area contributed by atoms with Crippen molar-refractivity contribution in [2.45, 2.75) is 0 Å². The number of nitrogens with one attached hydrogen (secondary N) is 2. The minimum Gasteiger partial charge on any atom is -0.452 e. The number of carbonyl (C=O) groups is 2. The lowest BCUT2D eigenvalue weighted by molar-refractivity contribution is -0.119. The molecule has 0 aliphatic carbocycles. The Labute approximate surface area is 213 Å². The predicted octanol–water partition coefficient (Wildman–Crippen LogP) is 6.46. The molecule has 0 radical (unpaired) electrons. The molecule has 0 aliphatic rings. The number of nitrogens with zero attached hydrogens (tertiary/aromatic N) is 2. The molecule has 0 unspecified atom stereocenters. The minimum absolute atomic E-state index is 0.299. The quantitative estimate of drug-likeness (QED) is 0.249. The molecule has 0 saturated carbocycles. The molecule has 0 saturated heterocycles. The first-order valence-electron chi connectivity index (χ1n) is 10.4.